The van der Waals surface area contributed by atoms with Crippen molar-refractivity contribution in [3.05, 3.63) is 30.1 Å². The number of pyridine rings is 1. The number of hydrogen-bond acceptors (Lipinski definition) is 3. The summed E-state index contributed by atoms with van der Waals surface area (Å²) in [5.74, 6) is 0.669. The standard InChI is InChI=1S/C15H25N3/c1-2-18(12-14-8-5-6-10-17-14)11-13-7-3-4-9-15(13)16/h5-6,8,10,13,15H,2-4,7,9,11-12,16H2,1H3. The van der Waals surface area contributed by atoms with Crippen molar-refractivity contribution in [2.45, 2.75) is 45.2 Å². The first kappa shape index (κ1) is 13.5. The number of hydrogen-bond donors (Lipinski definition) is 1. The SMILES string of the molecule is CCN(Cc1ccccn1)CC1CCCCC1N. The van der Waals surface area contributed by atoms with Crippen molar-refractivity contribution in [2.24, 2.45) is 11.7 Å². The Hall–Kier alpha value is -0.930. The molecule has 1 saturated carbocycles. The highest BCUT2D eigenvalue weighted by atomic mass is 15.1. The van der Waals surface area contributed by atoms with Crippen molar-refractivity contribution in [1.82, 2.24) is 9.88 Å². The first-order chi connectivity index (χ1) is 8.79. The first-order valence-corrected chi connectivity index (χ1v) is 7.17. The monoisotopic (exact) mass is 247 g/mol. The molecule has 1 aliphatic carbocycles. The van der Waals surface area contributed by atoms with Crippen LogP contribution >= 0.6 is 0 Å². The fraction of sp³-hybridized carbons (Fsp3) is 0.667. The predicted octanol–water partition coefficient (Wildman–Crippen LogP) is 2.42. The van der Waals surface area contributed by atoms with Gasteiger partial charge in [0, 0.05) is 25.3 Å². The molecule has 0 spiro atoms. The molecule has 2 atom stereocenters. The van der Waals surface area contributed by atoms with Crippen LogP contribution in [0.3, 0.4) is 0 Å². The number of nitrogens with zero attached hydrogens (tertiary/aromatic N) is 2. The summed E-state index contributed by atoms with van der Waals surface area (Å²) in [6, 6.07) is 6.53. The molecule has 18 heavy (non-hydrogen) atoms. The highest BCUT2D eigenvalue weighted by Crippen LogP contribution is 2.24. The zero-order valence-corrected chi connectivity index (χ0v) is 11.4. The predicted molar refractivity (Wildman–Crippen MR) is 75.1 cm³/mol. The summed E-state index contributed by atoms with van der Waals surface area (Å²) in [5, 5.41) is 0. The average Bonchev–Trinajstić information content (AvgIpc) is 2.41. The Bertz CT molecular complexity index is 339. The Morgan fingerprint density at radius 1 is 1.33 bits per heavy atom. The lowest BCUT2D eigenvalue weighted by Gasteiger charge is -2.33. The van der Waals surface area contributed by atoms with Gasteiger partial charge >= 0.3 is 0 Å². The van der Waals surface area contributed by atoms with Gasteiger partial charge in [0.2, 0.25) is 0 Å². The van der Waals surface area contributed by atoms with Crippen molar-refractivity contribution in [2.75, 3.05) is 13.1 Å². The van der Waals surface area contributed by atoms with Gasteiger partial charge < -0.3 is 5.73 Å². The van der Waals surface area contributed by atoms with E-state index < -0.39 is 0 Å². The van der Waals surface area contributed by atoms with E-state index in [1.54, 1.807) is 0 Å². The fourth-order valence-corrected chi connectivity index (χ4v) is 2.82. The largest absolute Gasteiger partial charge is 0.327 e. The molecule has 3 nitrogen and oxygen atoms in total. The van der Waals surface area contributed by atoms with Gasteiger partial charge in [-0.2, -0.15) is 0 Å². The third-order valence-electron chi connectivity index (χ3n) is 4.02. The maximum absolute atomic E-state index is 6.23. The minimum atomic E-state index is 0.400. The molecule has 0 saturated heterocycles. The molecule has 2 unspecified atom stereocenters. The normalized spacial score (nSPS) is 24.4. The molecule has 2 rings (SSSR count). The molecule has 100 valence electrons. The van der Waals surface area contributed by atoms with Crippen LogP contribution in [0.25, 0.3) is 0 Å². The van der Waals surface area contributed by atoms with Crippen LogP contribution in [0.2, 0.25) is 0 Å². The quantitative estimate of drug-likeness (QED) is 0.869. The van der Waals surface area contributed by atoms with Crippen LogP contribution in [0.15, 0.2) is 24.4 Å². The van der Waals surface area contributed by atoms with E-state index in [2.05, 4.69) is 28.9 Å². The van der Waals surface area contributed by atoms with Crippen molar-refractivity contribution >= 4 is 0 Å². The molecule has 1 aromatic heterocycles. The topological polar surface area (TPSA) is 42.2 Å². The molecule has 1 fully saturated rings. The summed E-state index contributed by atoms with van der Waals surface area (Å²) in [6.45, 7) is 5.35. The van der Waals surface area contributed by atoms with Crippen molar-refractivity contribution < 1.29 is 0 Å². The zero-order chi connectivity index (χ0) is 12.8. The van der Waals surface area contributed by atoms with Gasteiger partial charge in [-0.1, -0.05) is 25.8 Å². The molecular weight excluding hydrogens is 222 g/mol. The molecule has 0 amide bonds. The summed E-state index contributed by atoms with van der Waals surface area (Å²) in [6.07, 6.45) is 7.02. The lowest BCUT2D eigenvalue weighted by molar-refractivity contribution is 0.183. The molecule has 0 radical (unpaired) electrons. The van der Waals surface area contributed by atoms with Gasteiger partial charge in [-0.3, -0.25) is 9.88 Å². The van der Waals surface area contributed by atoms with E-state index in [0.29, 0.717) is 12.0 Å². The molecule has 3 heteroatoms. The number of rotatable bonds is 5. The lowest BCUT2D eigenvalue weighted by Crippen LogP contribution is -2.41. The summed E-state index contributed by atoms with van der Waals surface area (Å²) < 4.78 is 0. The highest BCUT2D eigenvalue weighted by Gasteiger charge is 2.23. The lowest BCUT2D eigenvalue weighted by atomic mass is 9.84. The molecule has 1 aliphatic rings. The minimum Gasteiger partial charge on any atom is -0.327 e. The maximum Gasteiger partial charge on any atom is 0.0543 e. The molecular formula is C15H25N3. The molecule has 0 aliphatic heterocycles. The third kappa shape index (κ3) is 3.79. The van der Waals surface area contributed by atoms with Crippen LogP contribution in [0, 0.1) is 5.92 Å². The highest BCUT2D eigenvalue weighted by molar-refractivity contribution is 5.03. The maximum atomic E-state index is 6.23. The zero-order valence-electron chi connectivity index (χ0n) is 11.4. The Morgan fingerprint density at radius 3 is 2.83 bits per heavy atom. The van der Waals surface area contributed by atoms with E-state index >= 15 is 0 Å². The van der Waals surface area contributed by atoms with E-state index in [1.165, 1.54) is 25.7 Å². The summed E-state index contributed by atoms with van der Waals surface area (Å²) in [5.41, 5.74) is 7.39. The van der Waals surface area contributed by atoms with Crippen molar-refractivity contribution in [1.29, 1.82) is 0 Å². The van der Waals surface area contributed by atoms with Crippen LogP contribution in [0.5, 0.6) is 0 Å². The molecule has 0 bridgehead atoms. The average molecular weight is 247 g/mol. The second-order valence-corrected chi connectivity index (χ2v) is 5.36. The van der Waals surface area contributed by atoms with Crippen LogP contribution in [0.1, 0.15) is 38.3 Å². The van der Waals surface area contributed by atoms with E-state index in [-0.39, 0.29) is 0 Å². The van der Waals surface area contributed by atoms with E-state index in [9.17, 15) is 0 Å². The van der Waals surface area contributed by atoms with Crippen LogP contribution < -0.4 is 5.73 Å². The van der Waals surface area contributed by atoms with Crippen molar-refractivity contribution in [3.63, 3.8) is 0 Å². The Labute approximate surface area is 110 Å². The Kier molecular flexibility index (Phi) is 5.14. The minimum absolute atomic E-state index is 0.400. The number of aromatic nitrogens is 1. The fourth-order valence-electron chi connectivity index (χ4n) is 2.82. The Balaban J connectivity index is 1.88. The molecule has 2 N–H and O–H groups in total. The van der Waals surface area contributed by atoms with Crippen LogP contribution in [-0.4, -0.2) is 29.0 Å². The van der Waals surface area contributed by atoms with Crippen molar-refractivity contribution in [3.8, 4) is 0 Å². The molecule has 0 aromatic carbocycles. The van der Waals surface area contributed by atoms with E-state index in [1.807, 2.05) is 12.3 Å². The van der Waals surface area contributed by atoms with Gasteiger partial charge in [0.05, 0.1) is 5.69 Å². The van der Waals surface area contributed by atoms with Gasteiger partial charge in [-0.25, -0.2) is 0 Å². The second-order valence-electron chi connectivity index (χ2n) is 5.36. The van der Waals surface area contributed by atoms with Gasteiger partial charge in [0.25, 0.3) is 0 Å². The first-order valence-electron chi connectivity index (χ1n) is 7.17. The van der Waals surface area contributed by atoms with Gasteiger partial charge in [-0.05, 0) is 37.4 Å². The smallest absolute Gasteiger partial charge is 0.0543 e. The van der Waals surface area contributed by atoms with Crippen LogP contribution in [-0.2, 0) is 6.54 Å². The van der Waals surface area contributed by atoms with E-state index in [4.69, 9.17) is 5.73 Å². The number of nitrogens with two attached hydrogens (primary N) is 1. The summed E-state index contributed by atoms with van der Waals surface area (Å²) in [4.78, 5) is 6.88. The second kappa shape index (κ2) is 6.86. The Morgan fingerprint density at radius 2 is 2.17 bits per heavy atom. The third-order valence-corrected chi connectivity index (χ3v) is 4.02. The van der Waals surface area contributed by atoms with Crippen LogP contribution in [0.4, 0.5) is 0 Å². The van der Waals surface area contributed by atoms with Gasteiger partial charge in [0.1, 0.15) is 0 Å². The summed E-state index contributed by atoms with van der Waals surface area (Å²) in [7, 11) is 0. The molecule has 1 heterocycles. The van der Waals surface area contributed by atoms with Gasteiger partial charge in [0.15, 0.2) is 0 Å². The molecule has 1 aromatic rings. The summed E-state index contributed by atoms with van der Waals surface area (Å²) >= 11 is 0. The van der Waals surface area contributed by atoms with E-state index in [0.717, 1.165) is 25.3 Å². The van der Waals surface area contributed by atoms with Gasteiger partial charge in [-0.15, -0.1) is 0 Å².